The highest BCUT2D eigenvalue weighted by atomic mass is 35.5. The van der Waals surface area contributed by atoms with Gasteiger partial charge in [-0.15, -0.1) is 0 Å². The maximum Gasteiger partial charge on any atom is 0.255 e. The number of carbonyl (C=O) groups excluding carboxylic acids is 1. The third kappa shape index (κ3) is 2.65. The van der Waals surface area contributed by atoms with Crippen molar-refractivity contribution >= 4 is 51.8 Å². The minimum absolute atomic E-state index is 0.291. The number of hydrogen-bond donors (Lipinski definition) is 2. The Labute approximate surface area is 129 Å². The number of nitrogens with two attached hydrogens (primary N) is 1. The molecule has 2 aromatic heterocycles. The maximum atomic E-state index is 12.3. The molecule has 0 saturated heterocycles. The van der Waals surface area contributed by atoms with Crippen LogP contribution in [0.1, 0.15) is 16.1 Å². The molecule has 0 fully saturated rings. The first-order valence-electron chi connectivity index (χ1n) is 6.01. The van der Waals surface area contributed by atoms with Crippen molar-refractivity contribution < 1.29 is 4.79 Å². The second-order valence-electron chi connectivity index (χ2n) is 4.43. The fourth-order valence-corrected chi connectivity index (χ4v) is 2.70. The molecule has 3 rings (SSSR count). The molecule has 8 heteroatoms. The van der Waals surface area contributed by atoms with E-state index in [4.69, 9.17) is 17.3 Å². The van der Waals surface area contributed by atoms with Crippen LogP contribution in [0.25, 0.3) is 11.0 Å². The van der Waals surface area contributed by atoms with E-state index in [9.17, 15) is 4.79 Å². The fraction of sp³-hybridized carbons (Fsp3) is 0.0769. The Kier molecular flexibility index (Phi) is 3.44. The smallest absolute Gasteiger partial charge is 0.255 e. The number of halogens is 1. The van der Waals surface area contributed by atoms with Crippen LogP contribution < -0.4 is 11.1 Å². The van der Waals surface area contributed by atoms with Crippen LogP contribution in [0.4, 0.5) is 11.5 Å². The highest BCUT2D eigenvalue weighted by Gasteiger charge is 2.15. The second-order valence-corrected chi connectivity index (χ2v) is 5.37. The van der Waals surface area contributed by atoms with Crippen LogP contribution >= 0.6 is 23.3 Å². The lowest BCUT2D eigenvalue weighted by molar-refractivity contribution is 0.102. The summed E-state index contributed by atoms with van der Waals surface area (Å²) in [5.74, 6) is -0.0330. The van der Waals surface area contributed by atoms with Crippen LogP contribution in [0.5, 0.6) is 0 Å². The average molecular weight is 320 g/mol. The third-order valence-electron chi connectivity index (χ3n) is 2.85. The minimum atomic E-state index is -0.324. The monoisotopic (exact) mass is 319 g/mol. The number of rotatable bonds is 2. The number of nitrogens with one attached hydrogen (secondary N) is 1. The maximum absolute atomic E-state index is 12.3. The quantitative estimate of drug-likeness (QED) is 0.757. The van der Waals surface area contributed by atoms with Crippen molar-refractivity contribution in [3.05, 3.63) is 40.5 Å². The highest BCUT2D eigenvalue weighted by molar-refractivity contribution is 7.00. The number of nitrogens with zero attached hydrogens (tertiary/aromatic N) is 3. The van der Waals surface area contributed by atoms with Gasteiger partial charge in [0.05, 0.1) is 22.4 Å². The zero-order chi connectivity index (χ0) is 15.0. The van der Waals surface area contributed by atoms with Gasteiger partial charge < -0.3 is 11.1 Å². The predicted molar refractivity (Wildman–Crippen MR) is 83.8 cm³/mol. The van der Waals surface area contributed by atoms with E-state index < -0.39 is 0 Å². The molecule has 6 nitrogen and oxygen atoms in total. The van der Waals surface area contributed by atoms with Gasteiger partial charge in [-0.05, 0) is 31.2 Å². The van der Waals surface area contributed by atoms with Gasteiger partial charge in [-0.25, -0.2) is 4.98 Å². The van der Waals surface area contributed by atoms with Crippen LogP contribution in [-0.4, -0.2) is 19.6 Å². The fourth-order valence-electron chi connectivity index (χ4n) is 1.96. The van der Waals surface area contributed by atoms with Crippen molar-refractivity contribution in [2.75, 3.05) is 11.1 Å². The summed E-state index contributed by atoms with van der Waals surface area (Å²) in [6.07, 6.45) is 0. The Balaban J connectivity index is 2.00. The van der Waals surface area contributed by atoms with Crippen LogP contribution in [0.15, 0.2) is 24.3 Å². The van der Waals surface area contributed by atoms with Crippen LogP contribution in [0.3, 0.4) is 0 Å². The largest absolute Gasteiger partial charge is 0.384 e. The van der Waals surface area contributed by atoms with Gasteiger partial charge in [-0.2, -0.15) is 8.75 Å². The summed E-state index contributed by atoms with van der Waals surface area (Å²) < 4.78 is 8.28. The first-order valence-corrected chi connectivity index (χ1v) is 7.12. The Morgan fingerprint density at radius 1 is 1.33 bits per heavy atom. The van der Waals surface area contributed by atoms with Gasteiger partial charge in [0.15, 0.2) is 0 Å². The number of fused-ring (bicyclic) bond motifs is 1. The van der Waals surface area contributed by atoms with Crippen molar-refractivity contribution in [3.63, 3.8) is 0 Å². The number of aromatic nitrogens is 3. The second kappa shape index (κ2) is 5.27. The molecule has 1 aromatic carbocycles. The van der Waals surface area contributed by atoms with Crippen molar-refractivity contribution in [2.45, 2.75) is 6.92 Å². The minimum Gasteiger partial charge on any atom is -0.384 e. The summed E-state index contributed by atoms with van der Waals surface area (Å²) in [5, 5.41) is 3.16. The van der Waals surface area contributed by atoms with E-state index in [1.54, 1.807) is 25.1 Å². The van der Waals surface area contributed by atoms with Gasteiger partial charge in [-0.1, -0.05) is 11.6 Å². The normalized spacial score (nSPS) is 10.8. The first kappa shape index (κ1) is 13.7. The number of aryl methyl sites for hydroxylation is 1. The molecule has 21 heavy (non-hydrogen) atoms. The molecule has 0 radical (unpaired) electrons. The number of benzene rings is 1. The molecule has 0 spiro atoms. The summed E-state index contributed by atoms with van der Waals surface area (Å²) >= 11 is 7.20. The van der Waals surface area contributed by atoms with E-state index in [0.29, 0.717) is 38.8 Å². The molecule has 3 aromatic rings. The standard InChI is InChI=1S/C13H10ClN5OS/c1-6-4-7(5-10(15)16-6)13(20)17-11-8(14)2-3-9-12(11)19-21-18-9/h2-5H,1H3,(H2,15,16)(H,17,20). The molecule has 0 aliphatic heterocycles. The highest BCUT2D eigenvalue weighted by Crippen LogP contribution is 2.30. The van der Waals surface area contributed by atoms with E-state index in [2.05, 4.69) is 19.0 Å². The number of anilines is 2. The average Bonchev–Trinajstić information content (AvgIpc) is 2.89. The number of hydrogen-bond acceptors (Lipinski definition) is 6. The lowest BCUT2D eigenvalue weighted by Crippen LogP contribution is -2.13. The van der Waals surface area contributed by atoms with Crippen molar-refractivity contribution in [1.82, 2.24) is 13.7 Å². The Bertz CT molecular complexity index is 827. The molecule has 0 unspecified atom stereocenters. The Morgan fingerprint density at radius 2 is 2.14 bits per heavy atom. The topological polar surface area (TPSA) is 93.8 Å². The van der Waals surface area contributed by atoms with Gasteiger partial charge in [0, 0.05) is 11.3 Å². The van der Waals surface area contributed by atoms with Gasteiger partial charge in [0.25, 0.3) is 5.91 Å². The molecule has 0 bridgehead atoms. The summed E-state index contributed by atoms with van der Waals surface area (Å²) in [6.45, 7) is 1.77. The van der Waals surface area contributed by atoms with E-state index >= 15 is 0 Å². The van der Waals surface area contributed by atoms with Crippen molar-refractivity contribution in [2.24, 2.45) is 0 Å². The zero-order valence-electron chi connectivity index (χ0n) is 10.9. The van der Waals surface area contributed by atoms with E-state index in [0.717, 1.165) is 11.7 Å². The van der Waals surface area contributed by atoms with E-state index in [1.807, 2.05) is 0 Å². The molecule has 1 amide bonds. The van der Waals surface area contributed by atoms with Crippen LogP contribution in [0, 0.1) is 6.92 Å². The Hall–Kier alpha value is -2.25. The molecular weight excluding hydrogens is 310 g/mol. The first-order chi connectivity index (χ1) is 10.0. The molecule has 0 aliphatic rings. The van der Waals surface area contributed by atoms with Gasteiger partial charge in [0.1, 0.15) is 16.9 Å². The van der Waals surface area contributed by atoms with Gasteiger partial charge in [0.2, 0.25) is 0 Å². The number of nitrogen functional groups attached to an aromatic ring is 1. The molecule has 3 N–H and O–H groups in total. The molecule has 106 valence electrons. The molecule has 0 aliphatic carbocycles. The molecule has 0 saturated carbocycles. The number of pyridine rings is 1. The summed E-state index contributed by atoms with van der Waals surface area (Å²) in [7, 11) is 0. The molecule has 2 heterocycles. The van der Waals surface area contributed by atoms with E-state index in [-0.39, 0.29) is 5.91 Å². The summed E-state index contributed by atoms with van der Waals surface area (Å²) in [5.41, 5.74) is 8.44. The van der Waals surface area contributed by atoms with Crippen molar-refractivity contribution in [3.8, 4) is 0 Å². The van der Waals surface area contributed by atoms with Crippen molar-refractivity contribution in [1.29, 1.82) is 0 Å². The van der Waals surface area contributed by atoms with Gasteiger partial charge in [-0.3, -0.25) is 4.79 Å². The Morgan fingerprint density at radius 3 is 2.90 bits per heavy atom. The summed E-state index contributed by atoms with van der Waals surface area (Å²) in [6, 6.07) is 6.59. The van der Waals surface area contributed by atoms with Crippen LogP contribution in [-0.2, 0) is 0 Å². The summed E-state index contributed by atoms with van der Waals surface area (Å²) in [4.78, 5) is 16.4. The number of carbonyl (C=O) groups is 1. The number of amides is 1. The van der Waals surface area contributed by atoms with Crippen LogP contribution in [0.2, 0.25) is 5.02 Å². The lowest BCUT2D eigenvalue weighted by Gasteiger charge is -2.08. The molecule has 0 atom stereocenters. The lowest BCUT2D eigenvalue weighted by atomic mass is 10.2. The van der Waals surface area contributed by atoms with E-state index in [1.165, 1.54) is 6.07 Å². The van der Waals surface area contributed by atoms with Gasteiger partial charge >= 0.3 is 0 Å². The molecular formula is C13H10ClN5OS. The third-order valence-corrected chi connectivity index (χ3v) is 3.71. The zero-order valence-corrected chi connectivity index (χ0v) is 12.5. The SMILES string of the molecule is Cc1cc(C(=O)Nc2c(Cl)ccc3nsnc23)cc(N)n1. The predicted octanol–water partition coefficient (Wildman–Crippen LogP) is 2.88.